The number of carbonyl (C=O) groups excluding carboxylic acids is 1. The minimum absolute atomic E-state index is 0. The first-order valence-electron chi connectivity index (χ1n) is 5.83. The smallest absolute Gasteiger partial charge is 1.00 e. The summed E-state index contributed by atoms with van der Waals surface area (Å²) in [5, 5.41) is 15.7. The second-order valence-corrected chi connectivity index (χ2v) is 3.97. The van der Waals surface area contributed by atoms with Crippen molar-refractivity contribution in [3.8, 4) is 0 Å². The van der Waals surface area contributed by atoms with Crippen LogP contribution in [-0.2, 0) is 26.0 Å². The van der Waals surface area contributed by atoms with Gasteiger partial charge >= 0.3 is 25.5 Å². The summed E-state index contributed by atoms with van der Waals surface area (Å²) in [6, 6.07) is 8.85. The second kappa shape index (κ2) is 9.81. The zero-order chi connectivity index (χ0) is 14.4. The molecule has 2 N–H and O–H groups in total. The summed E-state index contributed by atoms with van der Waals surface area (Å²) in [6.45, 7) is 0.354. The molecule has 0 saturated heterocycles. The molecule has 2 rings (SSSR count). The fraction of sp³-hybridized carbons (Fsp3) is 0.0769. The second-order valence-electron chi connectivity index (χ2n) is 3.97. The van der Waals surface area contributed by atoms with Gasteiger partial charge in [0, 0.05) is 36.8 Å². The number of urea groups is 1. The maximum absolute atomic E-state index is 11.6. The summed E-state index contributed by atoms with van der Waals surface area (Å²) in [6.07, 6.45) is 3.31. The number of pyridine rings is 1. The van der Waals surface area contributed by atoms with Gasteiger partial charge in [-0.3, -0.25) is 15.1 Å². The van der Waals surface area contributed by atoms with Gasteiger partial charge in [-0.2, -0.15) is 0 Å². The molecule has 22 heavy (non-hydrogen) atoms. The summed E-state index contributed by atoms with van der Waals surface area (Å²) in [7, 11) is 0. The van der Waals surface area contributed by atoms with Gasteiger partial charge in [0.15, 0.2) is 0 Å². The van der Waals surface area contributed by atoms with Crippen molar-refractivity contribution >= 4 is 17.4 Å². The summed E-state index contributed by atoms with van der Waals surface area (Å²) in [5.74, 6) is 0. The van der Waals surface area contributed by atoms with Crippen molar-refractivity contribution < 1.29 is 41.6 Å². The number of benzene rings is 1. The van der Waals surface area contributed by atoms with E-state index >= 15 is 0 Å². The number of hydrogen-bond acceptors (Lipinski definition) is 4. The van der Waals surface area contributed by atoms with Crippen LogP contribution in [0.3, 0.4) is 0 Å². The molecule has 0 spiro atoms. The van der Waals surface area contributed by atoms with Crippen molar-refractivity contribution in [3.63, 3.8) is 0 Å². The standard InChI is InChI=1S/C13H12N4O3.ClH.Zn/c18-13(15-9-10-2-1-7-14-8-10)16-11-3-5-12(6-4-11)17(19)20;;/h1-8H,9H2,(H2,15,16,18);1H;/q;;+2/p-1. The monoisotopic (exact) mass is 371 g/mol. The van der Waals surface area contributed by atoms with Gasteiger partial charge in [-0.05, 0) is 23.8 Å². The Bertz CT molecular complexity index is 610. The predicted octanol–water partition coefficient (Wildman–Crippen LogP) is -0.687. The fourth-order valence-electron chi connectivity index (χ4n) is 1.53. The van der Waals surface area contributed by atoms with Crippen molar-refractivity contribution in [3.05, 3.63) is 64.5 Å². The Morgan fingerprint density at radius 2 is 1.91 bits per heavy atom. The van der Waals surface area contributed by atoms with Crippen LogP contribution in [-0.4, -0.2) is 15.9 Å². The summed E-state index contributed by atoms with van der Waals surface area (Å²) in [5.41, 5.74) is 1.34. The minimum Gasteiger partial charge on any atom is -1.00 e. The molecule has 0 fully saturated rings. The zero-order valence-corrected chi connectivity index (χ0v) is 15.3. The number of nitrogens with zero attached hydrogens (tertiary/aromatic N) is 2. The van der Waals surface area contributed by atoms with Crippen molar-refractivity contribution in [1.82, 2.24) is 10.3 Å². The molecule has 9 heteroatoms. The molecule has 7 nitrogen and oxygen atoms in total. The molecule has 0 bridgehead atoms. The molecule has 0 aliphatic heterocycles. The van der Waals surface area contributed by atoms with E-state index < -0.39 is 4.92 Å². The zero-order valence-electron chi connectivity index (χ0n) is 11.5. The maximum Gasteiger partial charge on any atom is 2.00 e. The van der Waals surface area contributed by atoms with Gasteiger partial charge < -0.3 is 23.0 Å². The van der Waals surface area contributed by atoms with Crippen LogP contribution in [0.1, 0.15) is 5.56 Å². The first kappa shape index (κ1) is 20.0. The molecule has 1 aromatic heterocycles. The van der Waals surface area contributed by atoms with Crippen LogP contribution in [0.15, 0.2) is 48.8 Å². The Balaban J connectivity index is 0.00000220. The average molecular weight is 373 g/mol. The third-order valence-electron chi connectivity index (χ3n) is 2.51. The molecule has 0 aliphatic carbocycles. The van der Waals surface area contributed by atoms with Crippen molar-refractivity contribution in [2.75, 3.05) is 5.32 Å². The Morgan fingerprint density at radius 3 is 2.45 bits per heavy atom. The molecule has 0 atom stereocenters. The normalized spacial score (nSPS) is 8.91. The van der Waals surface area contributed by atoms with Crippen LogP contribution in [0.25, 0.3) is 0 Å². The number of amides is 2. The Labute approximate surface area is 145 Å². The molecule has 1 heterocycles. The molecular formula is C13H12ClN4O3Zn+. The molecule has 110 valence electrons. The Morgan fingerprint density at radius 1 is 1.23 bits per heavy atom. The van der Waals surface area contributed by atoms with Gasteiger partial charge in [0.2, 0.25) is 0 Å². The van der Waals surface area contributed by atoms with Gasteiger partial charge in [-0.15, -0.1) is 0 Å². The number of non-ortho nitro benzene ring substituents is 1. The van der Waals surface area contributed by atoms with Crippen molar-refractivity contribution in [2.45, 2.75) is 6.54 Å². The van der Waals surface area contributed by atoms with Gasteiger partial charge in [0.1, 0.15) is 0 Å². The predicted molar refractivity (Wildman–Crippen MR) is 73.2 cm³/mol. The van der Waals surface area contributed by atoms with Crippen LogP contribution >= 0.6 is 0 Å². The number of carbonyl (C=O) groups is 1. The van der Waals surface area contributed by atoms with Crippen molar-refractivity contribution in [1.29, 1.82) is 0 Å². The van der Waals surface area contributed by atoms with E-state index in [1.54, 1.807) is 18.5 Å². The SMILES string of the molecule is O=C(NCc1cccnc1)Nc1ccc([N+](=O)[O-])cc1.[Cl-].[Zn+2]. The van der Waals surface area contributed by atoms with E-state index in [-0.39, 0.29) is 43.6 Å². The topological polar surface area (TPSA) is 97.2 Å². The van der Waals surface area contributed by atoms with E-state index in [0.717, 1.165) is 5.56 Å². The fourth-order valence-corrected chi connectivity index (χ4v) is 1.53. The molecule has 2 aromatic rings. The average Bonchev–Trinajstić information content (AvgIpc) is 2.47. The van der Waals surface area contributed by atoms with Gasteiger partial charge in [0.25, 0.3) is 5.69 Å². The van der Waals surface area contributed by atoms with Crippen LogP contribution in [0.5, 0.6) is 0 Å². The number of aromatic nitrogens is 1. The molecule has 0 aliphatic rings. The third kappa shape index (κ3) is 6.16. The van der Waals surface area contributed by atoms with Gasteiger partial charge in [-0.25, -0.2) is 4.79 Å². The van der Waals surface area contributed by atoms with E-state index in [1.165, 1.54) is 24.3 Å². The molecule has 0 radical (unpaired) electrons. The van der Waals surface area contributed by atoms with Gasteiger partial charge in [0.05, 0.1) is 4.92 Å². The number of anilines is 1. The van der Waals surface area contributed by atoms with E-state index in [0.29, 0.717) is 12.2 Å². The minimum atomic E-state index is -0.494. The van der Waals surface area contributed by atoms with Crippen LogP contribution in [0.2, 0.25) is 0 Å². The number of nitro groups is 1. The number of hydrogen-bond donors (Lipinski definition) is 2. The van der Waals surface area contributed by atoms with Crippen LogP contribution in [0.4, 0.5) is 16.2 Å². The maximum atomic E-state index is 11.6. The number of nitrogens with one attached hydrogen (secondary N) is 2. The first-order chi connectivity index (χ1) is 9.65. The number of rotatable bonds is 4. The quantitative estimate of drug-likeness (QED) is 0.421. The molecule has 0 unspecified atom stereocenters. The van der Waals surface area contributed by atoms with Crippen LogP contribution < -0.4 is 23.0 Å². The third-order valence-corrected chi connectivity index (χ3v) is 2.51. The Kier molecular flexibility index (Phi) is 8.90. The summed E-state index contributed by atoms with van der Waals surface area (Å²) < 4.78 is 0. The summed E-state index contributed by atoms with van der Waals surface area (Å²) >= 11 is 0. The van der Waals surface area contributed by atoms with Crippen molar-refractivity contribution in [2.24, 2.45) is 0 Å². The Hall–Kier alpha value is -2.05. The largest absolute Gasteiger partial charge is 2.00 e. The molecule has 1 aromatic carbocycles. The van der Waals surface area contributed by atoms with E-state index in [4.69, 9.17) is 0 Å². The number of halogens is 1. The van der Waals surface area contributed by atoms with Gasteiger partial charge in [-0.1, -0.05) is 6.07 Å². The number of nitro benzene ring substituents is 1. The van der Waals surface area contributed by atoms with Crippen LogP contribution in [0, 0.1) is 10.1 Å². The summed E-state index contributed by atoms with van der Waals surface area (Å²) in [4.78, 5) is 25.6. The van der Waals surface area contributed by atoms with E-state index in [2.05, 4.69) is 15.6 Å². The molecule has 2 amide bonds. The molecular weight excluding hydrogens is 361 g/mol. The first-order valence-corrected chi connectivity index (χ1v) is 5.83. The van der Waals surface area contributed by atoms with E-state index in [1.807, 2.05) is 6.07 Å². The molecule has 0 saturated carbocycles. The van der Waals surface area contributed by atoms with E-state index in [9.17, 15) is 14.9 Å².